The maximum atomic E-state index is 13.1. The van der Waals surface area contributed by atoms with E-state index in [9.17, 15) is 14.4 Å². The zero-order valence-corrected chi connectivity index (χ0v) is 23.4. The number of hydrogen-bond acceptors (Lipinski definition) is 7. The van der Waals surface area contributed by atoms with Crippen molar-refractivity contribution in [2.24, 2.45) is 0 Å². The predicted molar refractivity (Wildman–Crippen MR) is 141 cm³/mol. The van der Waals surface area contributed by atoms with E-state index in [-0.39, 0.29) is 30.4 Å². The highest BCUT2D eigenvalue weighted by atomic mass is 79.9. The first kappa shape index (κ1) is 26.8. The van der Waals surface area contributed by atoms with E-state index in [1.807, 2.05) is 18.2 Å². The maximum absolute atomic E-state index is 13.1. The molecule has 1 N–H and O–H groups in total. The molecule has 0 unspecified atom stereocenters. The maximum Gasteiger partial charge on any atom is 0.373 e. The van der Waals surface area contributed by atoms with E-state index in [1.165, 1.54) is 32.4 Å². The van der Waals surface area contributed by atoms with Gasteiger partial charge < -0.3 is 23.9 Å². The highest BCUT2D eigenvalue weighted by molar-refractivity contribution is 9.11. The molecule has 1 fully saturated rings. The van der Waals surface area contributed by atoms with Gasteiger partial charge in [0.2, 0.25) is 5.76 Å². The van der Waals surface area contributed by atoms with Gasteiger partial charge in [0.1, 0.15) is 18.1 Å². The van der Waals surface area contributed by atoms with Crippen LogP contribution in [0.25, 0.3) is 6.08 Å². The van der Waals surface area contributed by atoms with Crippen molar-refractivity contribution in [3.8, 4) is 11.5 Å². The Morgan fingerprint density at radius 3 is 2.62 bits per heavy atom. The van der Waals surface area contributed by atoms with Crippen molar-refractivity contribution in [1.29, 1.82) is 0 Å². The van der Waals surface area contributed by atoms with E-state index in [0.29, 0.717) is 22.1 Å². The number of carbonyl (C=O) groups excluding carboxylic acids is 3. The number of rotatable bonds is 8. The summed E-state index contributed by atoms with van der Waals surface area (Å²) < 4.78 is 23.3. The van der Waals surface area contributed by atoms with Crippen molar-refractivity contribution in [2.75, 3.05) is 14.2 Å². The smallest absolute Gasteiger partial charge is 0.373 e. The van der Waals surface area contributed by atoms with Gasteiger partial charge in [-0.15, -0.1) is 0 Å². The summed E-state index contributed by atoms with van der Waals surface area (Å²) in [7, 11) is 2.70. The van der Waals surface area contributed by atoms with Crippen molar-refractivity contribution in [3.63, 3.8) is 0 Å². The van der Waals surface area contributed by atoms with Crippen molar-refractivity contribution in [2.45, 2.75) is 13.2 Å². The van der Waals surface area contributed by atoms with E-state index in [2.05, 4.69) is 41.9 Å². The Labute approximate surface area is 233 Å². The van der Waals surface area contributed by atoms with Crippen LogP contribution in [0.3, 0.4) is 0 Å². The number of nitrogens with zero attached hydrogens (tertiary/aromatic N) is 1. The van der Waals surface area contributed by atoms with Crippen LogP contribution in [0.1, 0.15) is 27.4 Å². The third kappa shape index (κ3) is 6.00. The van der Waals surface area contributed by atoms with Crippen molar-refractivity contribution < 1.29 is 33.0 Å². The molecule has 0 radical (unpaired) electrons. The molecule has 0 bridgehead atoms. The summed E-state index contributed by atoms with van der Waals surface area (Å²) in [5.74, 6) is -0.372. The number of carbonyl (C=O) groups is 3. The molecular weight excluding hydrogens is 636 g/mol. The summed E-state index contributed by atoms with van der Waals surface area (Å²) in [6.07, 6.45) is 1.46. The Morgan fingerprint density at radius 2 is 1.92 bits per heavy atom. The van der Waals surface area contributed by atoms with Gasteiger partial charge in [0.05, 0.1) is 20.8 Å². The summed E-state index contributed by atoms with van der Waals surface area (Å²) in [6, 6.07) is 11.1. The molecule has 192 valence electrons. The van der Waals surface area contributed by atoms with Gasteiger partial charge in [-0.3, -0.25) is 9.69 Å². The Kier molecular flexibility index (Phi) is 8.25. The summed E-state index contributed by atoms with van der Waals surface area (Å²) >= 11 is 13.2. The molecule has 4 rings (SSSR count). The topological polar surface area (TPSA) is 107 Å². The normalized spacial score (nSPS) is 14.2. The zero-order valence-electron chi connectivity index (χ0n) is 19.5. The van der Waals surface area contributed by atoms with Crippen LogP contribution in [-0.4, -0.2) is 37.0 Å². The minimum atomic E-state index is -0.665. The van der Waals surface area contributed by atoms with Crippen molar-refractivity contribution in [1.82, 2.24) is 10.2 Å². The number of halogens is 3. The van der Waals surface area contributed by atoms with Gasteiger partial charge >= 0.3 is 12.0 Å². The molecule has 0 atom stereocenters. The molecule has 3 aromatic rings. The molecule has 0 saturated carbocycles. The van der Waals surface area contributed by atoms with Crippen molar-refractivity contribution in [3.05, 3.63) is 84.8 Å². The minimum Gasteiger partial charge on any atom is -0.493 e. The lowest BCUT2D eigenvalue weighted by Gasteiger charge is -2.15. The second-order valence-electron chi connectivity index (χ2n) is 7.69. The lowest BCUT2D eigenvalue weighted by atomic mass is 10.1. The number of urea groups is 1. The Bertz CT molecular complexity index is 1420. The SMILES string of the molecule is COC(=O)c1ccc(CN2C(=O)N/C(=C/c3cc(Cl)cc(OC)c3OCc3ccc(Br)cc3Br)C2=O)o1. The number of esters is 1. The number of methoxy groups -OCH3 is 2. The van der Waals surface area contributed by atoms with Gasteiger partial charge in [-0.1, -0.05) is 49.5 Å². The van der Waals surface area contributed by atoms with E-state index in [1.54, 1.807) is 12.1 Å². The van der Waals surface area contributed by atoms with Crippen molar-refractivity contribution >= 4 is 67.4 Å². The lowest BCUT2D eigenvalue weighted by Crippen LogP contribution is -2.30. The van der Waals surface area contributed by atoms with Gasteiger partial charge in [-0.25, -0.2) is 9.59 Å². The predicted octanol–water partition coefficient (Wildman–Crippen LogP) is 5.93. The Morgan fingerprint density at radius 1 is 1.14 bits per heavy atom. The first-order valence-corrected chi connectivity index (χ1v) is 12.6. The Hall–Kier alpha value is -3.28. The van der Waals surface area contributed by atoms with Crippen LogP contribution >= 0.6 is 43.5 Å². The molecule has 1 aliphatic rings. The van der Waals surface area contributed by atoms with E-state index in [4.69, 9.17) is 25.5 Å². The monoisotopic (exact) mass is 652 g/mol. The molecule has 12 heteroatoms. The molecule has 2 aromatic carbocycles. The van der Waals surface area contributed by atoms with Crippen LogP contribution in [0.5, 0.6) is 11.5 Å². The fourth-order valence-corrected chi connectivity index (χ4v) is 4.87. The van der Waals surface area contributed by atoms with E-state index >= 15 is 0 Å². The van der Waals surface area contributed by atoms with Crippen LogP contribution in [0.4, 0.5) is 4.79 Å². The zero-order chi connectivity index (χ0) is 26.7. The van der Waals surface area contributed by atoms with Gasteiger partial charge in [-0.05, 0) is 36.4 Å². The number of ether oxygens (including phenoxy) is 3. The highest BCUT2D eigenvalue weighted by Crippen LogP contribution is 2.37. The lowest BCUT2D eigenvalue weighted by molar-refractivity contribution is -0.123. The summed E-state index contributed by atoms with van der Waals surface area (Å²) in [5.41, 5.74) is 1.30. The molecular formula is C25H19Br2ClN2O7. The average Bonchev–Trinajstić information content (AvgIpc) is 3.44. The van der Waals surface area contributed by atoms with Gasteiger partial charge in [0, 0.05) is 31.2 Å². The van der Waals surface area contributed by atoms with Crippen LogP contribution in [0.2, 0.25) is 5.02 Å². The number of hydrogen-bond donors (Lipinski definition) is 1. The van der Waals surface area contributed by atoms with Crippen LogP contribution in [-0.2, 0) is 22.7 Å². The van der Waals surface area contributed by atoms with E-state index < -0.39 is 17.9 Å². The summed E-state index contributed by atoms with van der Waals surface area (Å²) in [5, 5.41) is 2.90. The third-order valence-corrected chi connectivity index (χ3v) is 6.73. The van der Waals surface area contributed by atoms with Crippen LogP contribution in [0, 0.1) is 0 Å². The third-order valence-electron chi connectivity index (χ3n) is 5.28. The fraction of sp³-hybridized carbons (Fsp3) is 0.160. The molecule has 1 saturated heterocycles. The fourth-order valence-electron chi connectivity index (χ4n) is 3.49. The summed E-state index contributed by atoms with van der Waals surface area (Å²) in [6.45, 7) is 0.00823. The molecule has 3 amide bonds. The second-order valence-corrected chi connectivity index (χ2v) is 9.89. The number of amides is 3. The second kappa shape index (κ2) is 11.4. The largest absolute Gasteiger partial charge is 0.493 e. The first-order valence-electron chi connectivity index (χ1n) is 10.7. The first-order chi connectivity index (χ1) is 17.7. The molecule has 1 aliphatic heterocycles. The number of imide groups is 1. The minimum absolute atomic E-state index is 0.00346. The van der Waals surface area contributed by atoms with E-state index in [0.717, 1.165) is 19.4 Å². The standard InChI is InChI=1S/C25H19Br2ClN2O7/c1-34-21-10-16(28)7-14(22(21)36-12-13-3-4-15(26)9-18(13)27)8-19-23(31)30(25(33)29-19)11-17-5-6-20(37-17)24(32)35-2/h3-10H,11-12H2,1-2H3,(H,29,33)/b19-8+. The average molecular weight is 655 g/mol. The quantitative estimate of drug-likeness (QED) is 0.183. The molecule has 1 aromatic heterocycles. The molecule has 0 aliphatic carbocycles. The number of nitrogens with one attached hydrogen (secondary N) is 1. The molecule has 2 heterocycles. The highest BCUT2D eigenvalue weighted by Gasteiger charge is 2.35. The van der Waals surface area contributed by atoms with Crippen LogP contribution < -0.4 is 14.8 Å². The number of benzene rings is 2. The Balaban J connectivity index is 1.60. The number of furan rings is 1. The molecule has 37 heavy (non-hydrogen) atoms. The van der Waals surface area contributed by atoms with Gasteiger partial charge in [0.25, 0.3) is 5.91 Å². The van der Waals surface area contributed by atoms with Gasteiger partial charge in [-0.2, -0.15) is 0 Å². The molecule has 0 spiro atoms. The summed E-state index contributed by atoms with van der Waals surface area (Å²) in [4.78, 5) is 38.2. The van der Waals surface area contributed by atoms with Gasteiger partial charge in [0.15, 0.2) is 11.5 Å². The molecule has 9 nitrogen and oxygen atoms in total. The van der Waals surface area contributed by atoms with Crippen LogP contribution in [0.15, 0.2) is 61.5 Å².